The molecule has 1 rings (SSSR count). The largest absolute Gasteiger partial charge is 0.396 e. The highest BCUT2D eigenvalue weighted by atomic mass is 32.1. The number of aliphatic hydroxyl groups excluding tert-OH is 1. The van der Waals surface area contributed by atoms with Crippen molar-refractivity contribution in [2.24, 2.45) is 0 Å². The van der Waals surface area contributed by atoms with Crippen LogP contribution < -0.4 is 0 Å². The van der Waals surface area contributed by atoms with Gasteiger partial charge in [-0.2, -0.15) is 11.3 Å². The first-order valence-electron chi connectivity index (χ1n) is 3.05. The van der Waals surface area contributed by atoms with Crippen LogP contribution in [0.5, 0.6) is 0 Å². The highest BCUT2D eigenvalue weighted by molar-refractivity contribution is 7.07. The molecular weight excluding hydrogens is 132 g/mol. The van der Waals surface area contributed by atoms with E-state index < -0.39 is 0 Å². The fraction of sp³-hybridized carbons (Fsp3) is 0.429. The Kier molecular flexibility index (Phi) is 2.74. The molecule has 50 valence electrons. The third-order valence-corrected chi connectivity index (χ3v) is 1.94. The van der Waals surface area contributed by atoms with Crippen LogP contribution >= 0.6 is 11.3 Å². The lowest BCUT2D eigenvalue weighted by Gasteiger charge is -1.90. The Morgan fingerprint density at radius 1 is 1.56 bits per heavy atom. The molecule has 0 fully saturated rings. The van der Waals surface area contributed by atoms with Crippen LogP contribution in [-0.2, 0) is 6.42 Å². The number of hydrogen-bond donors (Lipinski definition) is 1. The summed E-state index contributed by atoms with van der Waals surface area (Å²) in [5, 5.41) is 12.7. The predicted molar refractivity (Wildman–Crippen MR) is 39.7 cm³/mol. The molecule has 0 amide bonds. The maximum absolute atomic E-state index is 8.47. The summed E-state index contributed by atoms with van der Waals surface area (Å²) in [6.45, 7) is 0.301. The zero-order valence-corrected chi connectivity index (χ0v) is 6.03. The van der Waals surface area contributed by atoms with Gasteiger partial charge < -0.3 is 5.11 Å². The second kappa shape index (κ2) is 3.64. The quantitative estimate of drug-likeness (QED) is 0.680. The van der Waals surface area contributed by atoms with E-state index >= 15 is 0 Å². The van der Waals surface area contributed by atoms with Gasteiger partial charge in [-0.05, 0) is 35.2 Å². The second-order valence-corrected chi connectivity index (χ2v) is 2.74. The van der Waals surface area contributed by atoms with Crippen molar-refractivity contribution < 1.29 is 5.11 Å². The van der Waals surface area contributed by atoms with E-state index in [4.69, 9.17) is 5.11 Å². The molecule has 1 aromatic rings. The molecule has 0 bridgehead atoms. The Morgan fingerprint density at radius 3 is 3.00 bits per heavy atom. The molecule has 0 aromatic carbocycles. The average Bonchev–Trinajstić information content (AvgIpc) is 2.34. The smallest absolute Gasteiger partial charge is 0.0434 e. The molecule has 0 saturated heterocycles. The molecule has 0 saturated carbocycles. The van der Waals surface area contributed by atoms with Crippen LogP contribution in [0, 0.1) is 0 Å². The molecular formula is C7H10OS. The van der Waals surface area contributed by atoms with Crippen molar-refractivity contribution in [2.75, 3.05) is 6.61 Å². The summed E-state index contributed by atoms with van der Waals surface area (Å²) in [5.41, 5.74) is 1.34. The van der Waals surface area contributed by atoms with Crippen LogP contribution in [0.4, 0.5) is 0 Å². The first-order chi connectivity index (χ1) is 4.43. The number of aryl methyl sites for hydroxylation is 1. The molecule has 0 unspecified atom stereocenters. The third-order valence-electron chi connectivity index (χ3n) is 1.20. The Labute approximate surface area is 59.0 Å². The number of rotatable bonds is 3. The molecule has 1 heterocycles. The molecule has 9 heavy (non-hydrogen) atoms. The van der Waals surface area contributed by atoms with Crippen LogP contribution in [0.2, 0.25) is 0 Å². The molecule has 1 aromatic heterocycles. The highest BCUT2D eigenvalue weighted by Gasteiger charge is 1.89. The van der Waals surface area contributed by atoms with Crippen molar-refractivity contribution in [1.29, 1.82) is 0 Å². The molecule has 0 radical (unpaired) electrons. The minimum absolute atomic E-state index is 0.301. The van der Waals surface area contributed by atoms with Crippen molar-refractivity contribution >= 4 is 11.3 Å². The van der Waals surface area contributed by atoms with E-state index in [2.05, 4.69) is 16.8 Å². The van der Waals surface area contributed by atoms with Crippen LogP contribution in [-0.4, -0.2) is 11.7 Å². The maximum Gasteiger partial charge on any atom is 0.0434 e. The zero-order chi connectivity index (χ0) is 6.53. The SMILES string of the molecule is OCCCc1ccsc1. The van der Waals surface area contributed by atoms with Gasteiger partial charge in [0.25, 0.3) is 0 Å². The van der Waals surface area contributed by atoms with Crippen molar-refractivity contribution in [3.8, 4) is 0 Å². The van der Waals surface area contributed by atoms with E-state index in [1.807, 2.05) is 0 Å². The summed E-state index contributed by atoms with van der Waals surface area (Å²) in [4.78, 5) is 0. The molecule has 1 nitrogen and oxygen atoms in total. The van der Waals surface area contributed by atoms with Crippen molar-refractivity contribution in [3.63, 3.8) is 0 Å². The Balaban J connectivity index is 2.30. The number of hydrogen-bond acceptors (Lipinski definition) is 2. The third kappa shape index (κ3) is 2.16. The van der Waals surface area contributed by atoms with E-state index in [-0.39, 0.29) is 0 Å². The van der Waals surface area contributed by atoms with Crippen molar-refractivity contribution in [3.05, 3.63) is 22.4 Å². The van der Waals surface area contributed by atoms with Crippen LogP contribution in [0.25, 0.3) is 0 Å². The predicted octanol–water partition coefficient (Wildman–Crippen LogP) is 1.67. The summed E-state index contributed by atoms with van der Waals surface area (Å²) in [6.07, 6.45) is 1.90. The summed E-state index contributed by atoms with van der Waals surface area (Å²) in [5.74, 6) is 0. The van der Waals surface area contributed by atoms with E-state index in [1.165, 1.54) is 5.56 Å². The van der Waals surface area contributed by atoms with Crippen LogP contribution in [0.15, 0.2) is 16.8 Å². The van der Waals surface area contributed by atoms with Gasteiger partial charge in [0.2, 0.25) is 0 Å². The van der Waals surface area contributed by atoms with Crippen LogP contribution in [0.3, 0.4) is 0 Å². The second-order valence-electron chi connectivity index (χ2n) is 1.96. The van der Waals surface area contributed by atoms with Crippen molar-refractivity contribution in [1.82, 2.24) is 0 Å². The summed E-state index contributed by atoms with van der Waals surface area (Å²) >= 11 is 1.71. The van der Waals surface area contributed by atoms with Gasteiger partial charge >= 0.3 is 0 Å². The van der Waals surface area contributed by atoms with Gasteiger partial charge in [-0.15, -0.1) is 0 Å². The molecule has 0 aliphatic carbocycles. The first-order valence-corrected chi connectivity index (χ1v) is 3.99. The Hall–Kier alpha value is -0.340. The minimum Gasteiger partial charge on any atom is -0.396 e. The van der Waals surface area contributed by atoms with E-state index in [9.17, 15) is 0 Å². The summed E-state index contributed by atoms with van der Waals surface area (Å²) in [6, 6.07) is 2.10. The normalized spacial score (nSPS) is 9.89. The Bertz CT molecular complexity index is 146. The molecule has 1 N–H and O–H groups in total. The van der Waals surface area contributed by atoms with E-state index in [0.717, 1.165) is 12.8 Å². The zero-order valence-electron chi connectivity index (χ0n) is 5.21. The maximum atomic E-state index is 8.47. The van der Waals surface area contributed by atoms with E-state index in [1.54, 1.807) is 11.3 Å². The Morgan fingerprint density at radius 2 is 2.44 bits per heavy atom. The van der Waals surface area contributed by atoms with Gasteiger partial charge in [-0.25, -0.2) is 0 Å². The van der Waals surface area contributed by atoms with Crippen LogP contribution in [0.1, 0.15) is 12.0 Å². The molecule has 0 atom stereocenters. The van der Waals surface area contributed by atoms with Gasteiger partial charge in [-0.3, -0.25) is 0 Å². The van der Waals surface area contributed by atoms with Gasteiger partial charge in [-0.1, -0.05) is 0 Å². The fourth-order valence-corrected chi connectivity index (χ4v) is 1.42. The average molecular weight is 142 g/mol. The minimum atomic E-state index is 0.301. The number of thiophene rings is 1. The van der Waals surface area contributed by atoms with E-state index in [0.29, 0.717) is 6.61 Å². The molecule has 0 aliphatic heterocycles. The van der Waals surface area contributed by atoms with Gasteiger partial charge in [0.1, 0.15) is 0 Å². The topological polar surface area (TPSA) is 20.2 Å². The molecule has 2 heteroatoms. The van der Waals surface area contributed by atoms with Gasteiger partial charge in [0.15, 0.2) is 0 Å². The summed E-state index contributed by atoms with van der Waals surface area (Å²) in [7, 11) is 0. The summed E-state index contributed by atoms with van der Waals surface area (Å²) < 4.78 is 0. The fourth-order valence-electron chi connectivity index (χ4n) is 0.718. The van der Waals surface area contributed by atoms with Crippen molar-refractivity contribution in [2.45, 2.75) is 12.8 Å². The molecule has 0 spiro atoms. The highest BCUT2D eigenvalue weighted by Crippen LogP contribution is 2.07. The monoisotopic (exact) mass is 142 g/mol. The lowest BCUT2D eigenvalue weighted by molar-refractivity contribution is 0.288. The lowest BCUT2D eigenvalue weighted by atomic mass is 10.2. The van der Waals surface area contributed by atoms with Gasteiger partial charge in [0.05, 0.1) is 0 Å². The van der Waals surface area contributed by atoms with Gasteiger partial charge in [0, 0.05) is 6.61 Å². The molecule has 0 aliphatic rings. The first kappa shape index (κ1) is 6.78. The standard InChI is InChI=1S/C7H10OS/c8-4-1-2-7-3-5-9-6-7/h3,5-6,8H,1-2,4H2. The number of aliphatic hydroxyl groups is 1. The lowest BCUT2D eigenvalue weighted by Crippen LogP contribution is -1.85.